The average molecular weight is 330 g/mol. The van der Waals surface area contributed by atoms with Crippen molar-refractivity contribution in [3.63, 3.8) is 0 Å². The number of nitrogens with one attached hydrogen (secondary N) is 1. The van der Waals surface area contributed by atoms with E-state index in [-0.39, 0.29) is 18.7 Å². The molecular weight excluding hydrogens is 315 g/mol. The number of hydrazone groups is 1. The van der Waals surface area contributed by atoms with Crippen LogP contribution in [0.1, 0.15) is 12.2 Å². The lowest BCUT2D eigenvalue weighted by Gasteiger charge is -2.20. The highest BCUT2D eigenvalue weighted by molar-refractivity contribution is 6.40. The Morgan fingerprint density at radius 2 is 2.08 bits per heavy atom. The summed E-state index contributed by atoms with van der Waals surface area (Å²) in [6, 6.07) is 8.09. The fourth-order valence-electron chi connectivity index (χ4n) is 2.38. The summed E-state index contributed by atoms with van der Waals surface area (Å²) in [6.45, 7) is 0.211. The molecule has 1 aromatic heterocycles. The molecule has 2 amide bonds. The van der Waals surface area contributed by atoms with E-state index in [1.807, 2.05) is 0 Å². The lowest BCUT2D eigenvalue weighted by Crippen LogP contribution is -2.39. The molecule has 0 aliphatic carbocycles. The van der Waals surface area contributed by atoms with E-state index in [0.29, 0.717) is 11.4 Å². The Kier molecular flexibility index (Phi) is 4.28. The number of rotatable bonds is 5. The predicted octanol–water partition coefficient (Wildman–Crippen LogP) is 1.16. The maximum absolute atomic E-state index is 13.1. The third kappa shape index (κ3) is 3.27. The zero-order chi connectivity index (χ0) is 17.1. The van der Waals surface area contributed by atoms with Gasteiger partial charge in [0.2, 0.25) is 5.91 Å². The molecule has 0 spiro atoms. The first-order chi connectivity index (χ1) is 11.5. The van der Waals surface area contributed by atoms with Crippen LogP contribution in [0.2, 0.25) is 0 Å². The highest BCUT2D eigenvalue weighted by atomic mass is 19.1. The van der Waals surface area contributed by atoms with Gasteiger partial charge in [0.25, 0.3) is 5.91 Å². The lowest BCUT2D eigenvalue weighted by molar-refractivity contribution is -0.119. The lowest BCUT2D eigenvalue weighted by atomic mass is 10.1. The van der Waals surface area contributed by atoms with Crippen molar-refractivity contribution in [2.24, 2.45) is 10.8 Å². The Morgan fingerprint density at radius 1 is 1.33 bits per heavy atom. The number of furan rings is 1. The van der Waals surface area contributed by atoms with Crippen LogP contribution in [0.4, 0.5) is 10.1 Å². The largest absolute Gasteiger partial charge is 0.467 e. The van der Waals surface area contributed by atoms with Gasteiger partial charge in [-0.1, -0.05) is 0 Å². The summed E-state index contributed by atoms with van der Waals surface area (Å²) in [4.78, 5) is 23.9. The molecule has 1 unspecified atom stereocenters. The van der Waals surface area contributed by atoms with Gasteiger partial charge in [0, 0.05) is 6.42 Å². The molecule has 1 aliphatic heterocycles. The summed E-state index contributed by atoms with van der Waals surface area (Å²) in [5.74, 6) is -0.836. The molecule has 0 saturated heterocycles. The molecule has 3 N–H and O–H groups in total. The van der Waals surface area contributed by atoms with Gasteiger partial charge in [0.05, 0.1) is 18.5 Å². The molecular formula is C16H15FN4O3. The molecule has 2 heterocycles. The number of carbonyl (C=O) groups is 2. The molecule has 3 rings (SSSR count). The van der Waals surface area contributed by atoms with Crippen molar-refractivity contribution in [1.29, 1.82) is 0 Å². The highest BCUT2D eigenvalue weighted by Crippen LogP contribution is 2.24. The van der Waals surface area contributed by atoms with Gasteiger partial charge in [0.1, 0.15) is 23.3 Å². The van der Waals surface area contributed by atoms with E-state index in [2.05, 4.69) is 10.4 Å². The van der Waals surface area contributed by atoms with Gasteiger partial charge in [-0.15, -0.1) is 0 Å². The number of primary amides is 1. The van der Waals surface area contributed by atoms with Gasteiger partial charge >= 0.3 is 0 Å². The second-order valence-corrected chi connectivity index (χ2v) is 5.25. The summed E-state index contributed by atoms with van der Waals surface area (Å²) >= 11 is 0. The van der Waals surface area contributed by atoms with E-state index in [1.54, 1.807) is 12.1 Å². The second kappa shape index (κ2) is 6.53. The van der Waals surface area contributed by atoms with Crippen LogP contribution in [-0.2, 0) is 16.1 Å². The molecule has 0 saturated carbocycles. The molecule has 7 nitrogen and oxygen atoms in total. The second-order valence-electron chi connectivity index (χ2n) is 5.25. The predicted molar refractivity (Wildman–Crippen MR) is 84.5 cm³/mol. The first-order valence-electron chi connectivity index (χ1n) is 7.27. The van der Waals surface area contributed by atoms with Crippen molar-refractivity contribution in [2.45, 2.75) is 19.0 Å². The minimum atomic E-state index is -0.792. The van der Waals surface area contributed by atoms with E-state index in [1.165, 1.54) is 35.5 Å². The van der Waals surface area contributed by atoms with Gasteiger partial charge in [0.15, 0.2) is 0 Å². The standard InChI is InChI=1S/C16H15FN4O3/c17-10-3-5-11(6-4-10)21-14(15(18)22)8-13(20-21)16(23)19-9-12-2-1-7-24-12/h1-7,14H,8-9H2,(H2,18,22)(H,19,23). The van der Waals surface area contributed by atoms with Crippen molar-refractivity contribution in [3.8, 4) is 0 Å². The highest BCUT2D eigenvalue weighted by Gasteiger charge is 2.34. The number of carbonyl (C=O) groups excluding carboxylic acids is 2. The van der Waals surface area contributed by atoms with Crippen LogP contribution in [0.5, 0.6) is 0 Å². The molecule has 0 fully saturated rings. The maximum atomic E-state index is 13.1. The summed E-state index contributed by atoms with van der Waals surface area (Å²) < 4.78 is 18.2. The monoisotopic (exact) mass is 330 g/mol. The van der Waals surface area contributed by atoms with Crippen LogP contribution in [0.3, 0.4) is 0 Å². The fourth-order valence-corrected chi connectivity index (χ4v) is 2.38. The topological polar surface area (TPSA) is 101 Å². The molecule has 2 aromatic rings. The summed E-state index contributed by atoms with van der Waals surface area (Å²) in [5, 5.41) is 8.18. The average Bonchev–Trinajstić information content (AvgIpc) is 3.23. The van der Waals surface area contributed by atoms with E-state index < -0.39 is 23.7 Å². The third-order valence-corrected chi connectivity index (χ3v) is 3.60. The number of halogens is 1. The molecule has 8 heteroatoms. The number of hydrogen-bond acceptors (Lipinski definition) is 5. The normalized spacial score (nSPS) is 16.8. The van der Waals surface area contributed by atoms with Gasteiger partial charge < -0.3 is 15.5 Å². The zero-order valence-electron chi connectivity index (χ0n) is 12.6. The molecule has 0 radical (unpaired) electrons. The van der Waals surface area contributed by atoms with E-state index in [9.17, 15) is 14.0 Å². The van der Waals surface area contributed by atoms with Gasteiger partial charge in [-0.3, -0.25) is 14.6 Å². The summed E-state index contributed by atoms with van der Waals surface area (Å²) in [6.07, 6.45) is 1.59. The summed E-state index contributed by atoms with van der Waals surface area (Å²) in [7, 11) is 0. The van der Waals surface area contributed by atoms with Crippen LogP contribution in [0.25, 0.3) is 0 Å². The first-order valence-corrected chi connectivity index (χ1v) is 7.27. The number of anilines is 1. The number of nitrogens with zero attached hydrogens (tertiary/aromatic N) is 2. The molecule has 0 bridgehead atoms. The van der Waals surface area contributed by atoms with Crippen molar-refractivity contribution in [1.82, 2.24) is 5.32 Å². The zero-order valence-corrected chi connectivity index (χ0v) is 12.6. The maximum Gasteiger partial charge on any atom is 0.267 e. The number of hydrogen-bond donors (Lipinski definition) is 2. The molecule has 1 aliphatic rings. The van der Waals surface area contributed by atoms with Crippen molar-refractivity contribution >= 4 is 23.2 Å². The molecule has 124 valence electrons. The Labute approximate surface area is 136 Å². The smallest absolute Gasteiger partial charge is 0.267 e. The van der Waals surface area contributed by atoms with Crippen LogP contribution in [0.15, 0.2) is 52.2 Å². The minimum absolute atomic E-state index is 0.0801. The molecule has 1 atom stereocenters. The molecule has 1 aromatic carbocycles. The Hall–Kier alpha value is -3.16. The van der Waals surface area contributed by atoms with Gasteiger partial charge in [-0.25, -0.2) is 4.39 Å². The Balaban J connectivity index is 1.75. The summed E-state index contributed by atoms with van der Waals surface area (Å²) in [5.41, 5.74) is 6.05. The molecule has 24 heavy (non-hydrogen) atoms. The number of amides is 2. The van der Waals surface area contributed by atoms with Crippen molar-refractivity contribution in [3.05, 3.63) is 54.2 Å². The van der Waals surface area contributed by atoms with Crippen molar-refractivity contribution in [2.75, 3.05) is 5.01 Å². The Bertz CT molecular complexity index is 771. The van der Waals surface area contributed by atoms with Crippen LogP contribution >= 0.6 is 0 Å². The van der Waals surface area contributed by atoms with Crippen LogP contribution < -0.4 is 16.1 Å². The quantitative estimate of drug-likeness (QED) is 0.859. The fraction of sp³-hybridized carbons (Fsp3) is 0.188. The third-order valence-electron chi connectivity index (χ3n) is 3.60. The Morgan fingerprint density at radius 3 is 2.71 bits per heavy atom. The SMILES string of the molecule is NC(=O)C1CC(C(=O)NCc2ccco2)=NN1c1ccc(F)cc1. The van der Waals surface area contributed by atoms with Crippen molar-refractivity contribution < 1.29 is 18.4 Å². The van der Waals surface area contributed by atoms with E-state index >= 15 is 0 Å². The number of benzene rings is 1. The van der Waals surface area contributed by atoms with Crippen LogP contribution in [-0.4, -0.2) is 23.6 Å². The minimum Gasteiger partial charge on any atom is -0.467 e. The number of nitrogens with two attached hydrogens (primary N) is 1. The van der Waals surface area contributed by atoms with E-state index in [4.69, 9.17) is 10.2 Å². The van der Waals surface area contributed by atoms with Gasteiger partial charge in [-0.05, 0) is 36.4 Å². The first kappa shape index (κ1) is 15.7. The van der Waals surface area contributed by atoms with E-state index in [0.717, 1.165) is 0 Å². The van der Waals surface area contributed by atoms with Gasteiger partial charge in [-0.2, -0.15) is 5.10 Å². The van der Waals surface area contributed by atoms with Crippen LogP contribution in [0, 0.1) is 5.82 Å².